The van der Waals surface area contributed by atoms with E-state index in [4.69, 9.17) is 16.3 Å². The Bertz CT molecular complexity index is 706. The van der Waals surface area contributed by atoms with E-state index in [0.29, 0.717) is 16.3 Å². The number of esters is 1. The van der Waals surface area contributed by atoms with Crippen LogP contribution in [0.15, 0.2) is 53.4 Å². The minimum atomic E-state index is -0.494. The molecule has 2 rings (SSSR count). The van der Waals surface area contributed by atoms with Crippen LogP contribution in [0.2, 0.25) is 5.02 Å². The zero-order chi connectivity index (χ0) is 16.7. The number of benzene rings is 2. The molecule has 0 aromatic heterocycles. The number of hydrogen-bond acceptors (Lipinski definition) is 4. The molecule has 0 aliphatic heterocycles. The summed E-state index contributed by atoms with van der Waals surface area (Å²) < 4.78 is 4.99. The molecular weight excluding hydrogens is 334 g/mol. The standard InChI is InChI=1S/C17H16ClNO3S/c1-23-15-9-5-4-8-14(15)19-16(20)11-22-17(21)10-12-6-2-3-7-13(12)18/h2-9H,10-11H2,1H3,(H,19,20). The summed E-state index contributed by atoms with van der Waals surface area (Å²) in [6.07, 6.45) is 1.96. The van der Waals surface area contributed by atoms with Gasteiger partial charge in [-0.3, -0.25) is 9.59 Å². The largest absolute Gasteiger partial charge is 0.455 e. The summed E-state index contributed by atoms with van der Waals surface area (Å²) in [6.45, 7) is -0.327. The summed E-state index contributed by atoms with van der Waals surface area (Å²) in [5.41, 5.74) is 1.37. The second-order valence-corrected chi connectivity index (χ2v) is 5.93. The minimum Gasteiger partial charge on any atom is -0.455 e. The Morgan fingerprint density at radius 1 is 1.13 bits per heavy atom. The van der Waals surface area contributed by atoms with Gasteiger partial charge < -0.3 is 10.1 Å². The molecule has 1 N–H and O–H groups in total. The van der Waals surface area contributed by atoms with Crippen LogP contribution < -0.4 is 5.32 Å². The van der Waals surface area contributed by atoms with Gasteiger partial charge in [0.15, 0.2) is 6.61 Å². The number of rotatable bonds is 6. The molecule has 2 aromatic rings. The molecule has 23 heavy (non-hydrogen) atoms. The van der Waals surface area contributed by atoms with Crippen LogP contribution in [0.1, 0.15) is 5.56 Å². The molecule has 0 saturated carbocycles. The third kappa shape index (κ3) is 5.30. The van der Waals surface area contributed by atoms with E-state index in [1.54, 1.807) is 30.3 Å². The Morgan fingerprint density at radius 3 is 2.57 bits per heavy atom. The van der Waals surface area contributed by atoms with Crippen molar-refractivity contribution in [3.8, 4) is 0 Å². The third-order valence-electron chi connectivity index (χ3n) is 3.04. The molecule has 6 heteroatoms. The average molecular weight is 350 g/mol. The number of amides is 1. The maximum atomic E-state index is 11.9. The molecule has 0 bridgehead atoms. The monoisotopic (exact) mass is 349 g/mol. The summed E-state index contributed by atoms with van der Waals surface area (Å²) in [4.78, 5) is 24.6. The van der Waals surface area contributed by atoms with Gasteiger partial charge in [0.25, 0.3) is 5.91 Å². The zero-order valence-electron chi connectivity index (χ0n) is 12.5. The second-order valence-electron chi connectivity index (χ2n) is 4.68. The van der Waals surface area contributed by atoms with Gasteiger partial charge in [-0.05, 0) is 30.0 Å². The number of halogens is 1. The molecule has 0 heterocycles. The fraction of sp³-hybridized carbons (Fsp3) is 0.176. The van der Waals surface area contributed by atoms with E-state index in [1.165, 1.54) is 11.8 Å². The first kappa shape index (κ1) is 17.4. The first-order valence-electron chi connectivity index (χ1n) is 6.92. The van der Waals surface area contributed by atoms with E-state index in [9.17, 15) is 9.59 Å². The highest BCUT2D eigenvalue weighted by molar-refractivity contribution is 7.98. The van der Waals surface area contributed by atoms with Crippen LogP contribution in [-0.4, -0.2) is 24.7 Å². The Hall–Kier alpha value is -1.98. The highest BCUT2D eigenvalue weighted by atomic mass is 35.5. The van der Waals surface area contributed by atoms with Crippen LogP contribution in [0.5, 0.6) is 0 Å². The van der Waals surface area contributed by atoms with Gasteiger partial charge in [0.1, 0.15) is 0 Å². The lowest BCUT2D eigenvalue weighted by atomic mass is 10.1. The van der Waals surface area contributed by atoms with Crippen molar-refractivity contribution < 1.29 is 14.3 Å². The molecule has 1 amide bonds. The van der Waals surface area contributed by atoms with E-state index >= 15 is 0 Å². The first-order chi connectivity index (χ1) is 11.1. The fourth-order valence-corrected chi connectivity index (χ4v) is 2.68. The maximum Gasteiger partial charge on any atom is 0.310 e. The molecule has 2 aromatic carbocycles. The molecule has 4 nitrogen and oxygen atoms in total. The summed E-state index contributed by atoms with van der Waals surface area (Å²) in [5, 5.41) is 3.23. The number of carbonyl (C=O) groups is 2. The van der Waals surface area contributed by atoms with Crippen molar-refractivity contribution in [1.29, 1.82) is 0 Å². The highest BCUT2D eigenvalue weighted by Gasteiger charge is 2.11. The van der Waals surface area contributed by atoms with Crippen LogP contribution in [-0.2, 0) is 20.7 Å². The zero-order valence-corrected chi connectivity index (χ0v) is 14.1. The van der Waals surface area contributed by atoms with Crippen LogP contribution in [0.25, 0.3) is 0 Å². The van der Waals surface area contributed by atoms with Gasteiger partial charge in [0.2, 0.25) is 0 Å². The number of anilines is 1. The van der Waals surface area contributed by atoms with Gasteiger partial charge in [-0.1, -0.05) is 41.9 Å². The lowest BCUT2D eigenvalue weighted by Crippen LogP contribution is -2.22. The number of hydrogen-bond donors (Lipinski definition) is 1. The first-order valence-corrected chi connectivity index (χ1v) is 8.52. The predicted octanol–water partition coefficient (Wildman–Crippen LogP) is 3.79. The lowest BCUT2D eigenvalue weighted by Gasteiger charge is -2.10. The summed E-state index contributed by atoms with van der Waals surface area (Å²) in [5.74, 6) is -0.870. The predicted molar refractivity (Wildman–Crippen MR) is 93.0 cm³/mol. The molecule has 0 radical (unpaired) electrons. The van der Waals surface area contributed by atoms with Crippen LogP contribution >= 0.6 is 23.4 Å². The van der Waals surface area contributed by atoms with Gasteiger partial charge in [-0.25, -0.2) is 0 Å². The topological polar surface area (TPSA) is 55.4 Å². The molecule has 0 saturated heterocycles. The Kier molecular flexibility index (Phi) is 6.50. The summed E-state index contributed by atoms with van der Waals surface area (Å²) in [7, 11) is 0. The third-order valence-corrected chi connectivity index (χ3v) is 4.20. The summed E-state index contributed by atoms with van der Waals surface area (Å²) >= 11 is 7.51. The molecular formula is C17H16ClNO3S. The van der Waals surface area contributed by atoms with Gasteiger partial charge >= 0.3 is 5.97 Å². The molecule has 0 aliphatic carbocycles. The maximum absolute atomic E-state index is 11.9. The molecule has 0 atom stereocenters. The lowest BCUT2D eigenvalue weighted by molar-refractivity contribution is -0.146. The fourth-order valence-electron chi connectivity index (χ4n) is 1.93. The van der Waals surface area contributed by atoms with E-state index in [0.717, 1.165) is 4.90 Å². The Morgan fingerprint density at radius 2 is 1.83 bits per heavy atom. The van der Waals surface area contributed by atoms with Crippen LogP contribution in [0, 0.1) is 0 Å². The molecule has 0 fully saturated rings. The van der Waals surface area contributed by atoms with Crippen molar-refractivity contribution in [2.75, 3.05) is 18.2 Å². The van der Waals surface area contributed by atoms with Crippen molar-refractivity contribution in [3.05, 3.63) is 59.1 Å². The summed E-state index contributed by atoms with van der Waals surface area (Å²) in [6, 6.07) is 14.5. The van der Waals surface area contributed by atoms with Crippen molar-refractivity contribution >= 4 is 40.9 Å². The van der Waals surface area contributed by atoms with Crippen LogP contribution in [0.4, 0.5) is 5.69 Å². The smallest absolute Gasteiger partial charge is 0.310 e. The Labute approximate surface area is 144 Å². The number of carbonyl (C=O) groups excluding carboxylic acids is 2. The van der Waals surface area contributed by atoms with E-state index in [1.807, 2.05) is 24.5 Å². The van der Waals surface area contributed by atoms with Gasteiger partial charge in [0, 0.05) is 9.92 Å². The number of ether oxygens (including phenoxy) is 1. The van der Waals surface area contributed by atoms with E-state index in [2.05, 4.69) is 5.32 Å². The van der Waals surface area contributed by atoms with Crippen molar-refractivity contribution in [2.24, 2.45) is 0 Å². The van der Waals surface area contributed by atoms with Crippen LogP contribution in [0.3, 0.4) is 0 Å². The van der Waals surface area contributed by atoms with Crippen molar-refractivity contribution in [1.82, 2.24) is 0 Å². The van der Waals surface area contributed by atoms with E-state index < -0.39 is 5.97 Å². The van der Waals surface area contributed by atoms with Gasteiger partial charge in [-0.15, -0.1) is 11.8 Å². The van der Waals surface area contributed by atoms with E-state index in [-0.39, 0.29) is 18.9 Å². The number of thioether (sulfide) groups is 1. The second kappa shape index (κ2) is 8.60. The average Bonchev–Trinajstić information content (AvgIpc) is 2.55. The Balaban J connectivity index is 1.84. The molecule has 0 unspecified atom stereocenters. The molecule has 0 spiro atoms. The number of para-hydroxylation sites is 1. The number of nitrogens with one attached hydrogen (secondary N) is 1. The van der Waals surface area contributed by atoms with Gasteiger partial charge in [-0.2, -0.15) is 0 Å². The molecule has 120 valence electrons. The van der Waals surface area contributed by atoms with Crippen molar-refractivity contribution in [2.45, 2.75) is 11.3 Å². The van der Waals surface area contributed by atoms with Crippen molar-refractivity contribution in [3.63, 3.8) is 0 Å². The quantitative estimate of drug-likeness (QED) is 0.637. The highest BCUT2D eigenvalue weighted by Crippen LogP contribution is 2.24. The minimum absolute atomic E-state index is 0.0361. The van der Waals surface area contributed by atoms with Gasteiger partial charge in [0.05, 0.1) is 12.1 Å². The SMILES string of the molecule is CSc1ccccc1NC(=O)COC(=O)Cc1ccccc1Cl. The molecule has 0 aliphatic rings. The normalized spacial score (nSPS) is 10.2.